The highest BCUT2D eigenvalue weighted by Gasteiger charge is 2.30. The van der Waals surface area contributed by atoms with Crippen molar-refractivity contribution in [2.24, 2.45) is 0 Å². The Kier molecular flexibility index (Phi) is 5.99. The summed E-state index contributed by atoms with van der Waals surface area (Å²) >= 11 is 0. The van der Waals surface area contributed by atoms with Crippen molar-refractivity contribution in [2.75, 3.05) is 10.6 Å². The summed E-state index contributed by atoms with van der Waals surface area (Å²) in [5.41, 5.74) is 0.791. The van der Waals surface area contributed by atoms with E-state index in [1.807, 2.05) is 6.07 Å². The lowest BCUT2D eigenvalue weighted by Gasteiger charge is -2.12. The van der Waals surface area contributed by atoms with E-state index in [9.17, 15) is 22.4 Å². The molecule has 4 rings (SSSR count). The van der Waals surface area contributed by atoms with Crippen LogP contribution >= 0.6 is 0 Å². The molecule has 1 aromatic carbocycles. The first-order chi connectivity index (χ1) is 15.8. The van der Waals surface area contributed by atoms with Crippen LogP contribution in [0.1, 0.15) is 15.9 Å². The zero-order valence-corrected chi connectivity index (χ0v) is 16.8. The standard InChI is InChI=1S/C23H15F4N5O/c24-19-11-17(14-4-2-1-3-5-14)18(13-29-19)31-22(33)15-8-9-28-21(10-15)32-20-7-6-16(12-30-20)23(25,26)27/h1-13H,(H,31,33)(H,28,30,32). The van der Waals surface area contributed by atoms with Gasteiger partial charge >= 0.3 is 6.18 Å². The third-order valence-corrected chi connectivity index (χ3v) is 4.57. The lowest BCUT2D eigenvalue weighted by atomic mass is 10.1. The number of pyridine rings is 3. The fourth-order valence-electron chi connectivity index (χ4n) is 2.99. The predicted molar refractivity (Wildman–Crippen MR) is 114 cm³/mol. The lowest BCUT2D eigenvalue weighted by Crippen LogP contribution is -2.14. The molecule has 1 amide bonds. The molecule has 0 fully saturated rings. The minimum Gasteiger partial charge on any atom is -0.325 e. The molecule has 0 aliphatic carbocycles. The van der Waals surface area contributed by atoms with Gasteiger partial charge in [0.05, 0.1) is 17.4 Å². The maximum Gasteiger partial charge on any atom is 0.417 e. The van der Waals surface area contributed by atoms with Gasteiger partial charge in [0, 0.05) is 29.6 Å². The summed E-state index contributed by atoms with van der Waals surface area (Å²) in [5.74, 6) is -0.865. The number of hydrogen-bond acceptors (Lipinski definition) is 5. The molecule has 0 aliphatic heterocycles. The molecule has 4 aromatic rings. The van der Waals surface area contributed by atoms with Gasteiger partial charge in [-0.2, -0.15) is 17.6 Å². The number of hydrogen-bond donors (Lipinski definition) is 2. The lowest BCUT2D eigenvalue weighted by molar-refractivity contribution is -0.137. The molecule has 6 nitrogen and oxygen atoms in total. The van der Waals surface area contributed by atoms with E-state index >= 15 is 0 Å². The van der Waals surface area contributed by atoms with E-state index in [2.05, 4.69) is 25.6 Å². The molecule has 0 spiro atoms. The van der Waals surface area contributed by atoms with Gasteiger partial charge in [0.25, 0.3) is 5.91 Å². The van der Waals surface area contributed by atoms with Gasteiger partial charge in [0.1, 0.15) is 11.6 Å². The molecular formula is C23H15F4N5O. The molecule has 0 bridgehead atoms. The average Bonchev–Trinajstić information content (AvgIpc) is 2.81. The Morgan fingerprint density at radius 2 is 1.64 bits per heavy atom. The minimum absolute atomic E-state index is 0.127. The Morgan fingerprint density at radius 1 is 0.848 bits per heavy atom. The summed E-state index contributed by atoms with van der Waals surface area (Å²) in [7, 11) is 0. The SMILES string of the molecule is O=C(Nc1cnc(F)cc1-c1ccccc1)c1ccnc(Nc2ccc(C(F)(F)F)cn2)c1. The second-order valence-electron chi connectivity index (χ2n) is 6.86. The third-order valence-electron chi connectivity index (χ3n) is 4.57. The molecule has 0 aliphatic rings. The van der Waals surface area contributed by atoms with Crippen molar-refractivity contribution >= 4 is 23.2 Å². The van der Waals surface area contributed by atoms with Crippen LogP contribution in [-0.4, -0.2) is 20.9 Å². The summed E-state index contributed by atoms with van der Waals surface area (Å²) < 4.78 is 51.8. The van der Waals surface area contributed by atoms with E-state index in [0.29, 0.717) is 23.0 Å². The van der Waals surface area contributed by atoms with Crippen molar-refractivity contribution < 1.29 is 22.4 Å². The second-order valence-corrected chi connectivity index (χ2v) is 6.86. The fraction of sp³-hybridized carbons (Fsp3) is 0.0435. The van der Waals surface area contributed by atoms with Crippen molar-refractivity contribution in [3.8, 4) is 11.1 Å². The van der Waals surface area contributed by atoms with Gasteiger partial charge < -0.3 is 10.6 Å². The topological polar surface area (TPSA) is 79.8 Å². The zero-order valence-electron chi connectivity index (χ0n) is 16.8. The van der Waals surface area contributed by atoms with Gasteiger partial charge in [-0.1, -0.05) is 30.3 Å². The van der Waals surface area contributed by atoms with Crippen LogP contribution in [0, 0.1) is 5.95 Å². The van der Waals surface area contributed by atoms with Crippen molar-refractivity contribution in [2.45, 2.75) is 6.18 Å². The van der Waals surface area contributed by atoms with Gasteiger partial charge in [-0.05, 0) is 29.8 Å². The van der Waals surface area contributed by atoms with E-state index in [1.165, 1.54) is 30.6 Å². The molecule has 0 radical (unpaired) electrons. The molecule has 0 saturated carbocycles. The first-order valence-corrected chi connectivity index (χ1v) is 9.58. The van der Waals surface area contributed by atoms with Crippen LogP contribution in [0.2, 0.25) is 0 Å². The number of amides is 1. The monoisotopic (exact) mass is 453 g/mol. The molecule has 2 N–H and O–H groups in total. The van der Waals surface area contributed by atoms with Crippen LogP contribution in [0.5, 0.6) is 0 Å². The smallest absolute Gasteiger partial charge is 0.325 e. The van der Waals surface area contributed by atoms with Crippen LogP contribution in [-0.2, 0) is 6.18 Å². The normalized spacial score (nSPS) is 11.2. The maximum absolute atomic E-state index is 13.7. The number of rotatable bonds is 5. The second kappa shape index (κ2) is 9.03. The van der Waals surface area contributed by atoms with Crippen LogP contribution in [0.3, 0.4) is 0 Å². The first kappa shape index (κ1) is 21.9. The molecular weight excluding hydrogens is 438 g/mol. The van der Waals surface area contributed by atoms with Gasteiger partial charge in [0.2, 0.25) is 5.95 Å². The zero-order chi connectivity index (χ0) is 23.4. The first-order valence-electron chi connectivity index (χ1n) is 9.58. The largest absolute Gasteiger partial charge is 0.417 e. The molecule has 3 heterocycles. The number of nitrogens with one attached hydrogen (secondary N) is 2. The van der Waals surface area contributed by atoms with Gasteiger partial charge in [0.15, 0.2) is 0 Å². The fourth-order valence-corrected chi connectivity index (χ4v) is 2.99. The van der Waals surface area contributed by atoms with E-state index in [4.69, 9.17) is 0 Å². The summed E-state index contributed by atoms with van der Waals surface area (Å²) in [5, 5.41) is 5.46. The summed E-state index contributed by atoms with van der Waals surface area (Å²) in [4.78, 5) is 24.2. The summed E-state index contributed by atoms with van der Waals surface area (Å²) in [6, 6.07) is 15.1. The van der Waals surface area contributed by atoms with E-state index < -0.39 is 23.6 Å². The highest BCUT2D eigenvalue weighted by molar-refractivity contribution is 6.06. The molecule has 3 aromatic heterocycles. The minimum atomic E-state index is -4.49. The van der Waals surface area contributed by atoms with E-state index in [-0.39, 0.29) is 17.2 Å². The quantitative estimate of drug-likeness (QED) is 0.300. The molecule has 33 heavy (non-hydrogen) atoms. The molecule has 0 unspecified atom stereocenters. The van der Waals surface area contributed by atoms with Crippen molar-refractivity contribution in [3.05, 3.63) is 96.3 Å². The van der Waals surface area contributed by atoms with Crippen molar-refractivity contribution in [1.29, 1.82) is 0 Å². The Hall–Kier alpha value is -4.34. The molecule has 166 valence electrons. The molecule has 0 atom stereocenters. The average molecular weight is 453 g/mol. The van der Waals surface area contributed by atoms with Crippen LogP contribution < -0.4 is 10.6 Å². The van der Waals surface area contributed by atoms with Gasteiger partial charge in [-0.15, -0.1) is 0 Å². The van der Waals surface area contributed by atoms with E-state index in [1.54, 1.807) is 24.3 Å². The van der Waals surface area contributed by atoms with Crippen LogP contribution in [0.4, 0.5) is 34.9 Å². The number of carbonyl (C=O) groups is 1. The Morgan fingerprint density at radius 3 is 2.33 bits per heavy atom. The van der Waals surface area contributed by atoms with Crippen molar-refractivity contribution in [3.63, 3.8) is 0 Å². The molecule has 10 heteroatoms. The number of alkyl halides is 3. The number of carbonyl (C=O) groups excluding carboxylic acids is 1. The highest BCUT2D eigenvalue weighted by Crippen LogP contribution is 2.30. The Bertz CT molecular complexity index is 1280. The number of anilines is 3. The highest BCUT2D eigenvalue weighted by atomic mass is 19.4. The van der Waals surface area contributed by atoms with E-state index in [0.717, 1.165) is 12.1 Å². The summed E-state index contributed by atoms with van der Waals surface area (Å²) in [6.45, 7) is 0. The van der Waals surface area contributed by atoms with Crippen molar-refractivity contribution in [1.82, 2.24) is 15.0 Å². The molecule has 0 saturated heterocycles. The number of nitrogens with zero attached hydrogens (tertiary/aromatic N) is 3. The number of halogens is 4. The predicted octanol–water partition coefficient (Wildman–Crippen LogP) is 5.69. The van der Waals surface area contributed by atoms with Crippen LogP contribution in [0.15, 0.2) is 79.3 Å². The van der Waals surface area contributed by atoms with Gasteiger partial charge in [-0.3, -0.25) is 4.79 Å². The Balaban J connectivity index is 1.53. The third kappa shape index (κ3) is 5.29. The Labute approximate surface area is 185 Å². The number of aromatic nitrogens is 3. The summed E-state index contributed by atoms with van der Waals surface area (Å²) in [6.07, 6.45) is -1.20. The van der Waals surface area contributed by atoms with Gasteiger partial charge in [-0.25, -0.2) is 15.0 Å². The van der Waals surface area contributed by atoms with Crippen LogP contribution in [0.25, 0.3) is 11.1 Å². The maximum atomic E-state index is 13.7. The number of benzene rings is 1.